The van der Waals surface area contributed by atoms with E-state index in [1.807, 2.05) is 22.6 Å². The van der Waals surface area contributed by atoms with Crippen molar-refractivity contribution < 1.29 is 9.90 Å². The molecule has 0 heterocycles. The van der Waals surface area contributed by atoms with E-state index in [4.69, 9.17) is 5.11 Å². The highest BCUT2D eigenvalue weighted by molar-refractivity contribution is 14.1. The van der Waals surface area contributed by atoms with Gasteiger partial charge in [-0.15, -0.1) is 12.6 Å². The van der Waals surface area contributed by atoms with Gasteiger partial charge in [-0.2, -0.15) is 0 Å². The number of aromatic carboxylic acids is 1. The highest BCUT2D eigenvalue weighted by Crippen LogP contribution is 2.16. The third-order valence-electron chi connectivity index (χ3n) is 1.18. The second kappa shape index (κ2) is 3.44. The van der Waals surface area contributed by atoms with Crippen molar-refractivity contribution in [2.24, 2.45) is 0 Å². The molecule has 0 aliphatic heterocycles. The molecule has 1 aromatic rings. The summed E-state index contributed by atoms with van der Waals surface area (Å²) in [5.41, 5.74) is 0.323. The monoisotopic (exact) mass is 280 g/mol. The van der Waals surface area contributed by atoms with Crippen LogP contribution in [0.5, 0.6) is 0 Å². The minimum atomic E-state index is -0.900. The van der Waals surface area contributed by atoms with Gasteiger partial charge in [-0.05, 0) is 40.8 Å². The lowest BCUT2D eigenvalue weighted by Crippen LogP contribution is -1.98. The maximum absolute atomic E-state index is 10.5. The summed E-state index contributed by atoms with van der Waals surface area (Å²) in [6.45, 7) is 0. The SMILES string of the molecule is O=C(O)c1ccc(S)cc1I. The molecule has 0 spiro atoms. The van der Waals surface area contributed by atoms with Crippen molar-refractivity contribution in [1.29, 1.82) is 0 Å². The van der Waals surface area contributed by atoms with Crippen molar-refractivity contribution in [1.82, 2.24) is 0 Å². The van der Waals surface area contributed by atoms with Gasteiger partial charge in [-0.25, -0.2) is 4.79 Å². The minimum absolute atomic E-state index is 0.323. The number of rotatable bonds is 1. The van der Waals surface area contributed by atoms with E-state index in [1.165, 1.54) is 0 Å². The lowest BCUT2D eigenvalue weighted by Gasteiger charge is -1.98. The zero-order valence-electron chi connectivity index (χ0n) is 5.41. The average molecular weight is 280 g/mol. The summed E-state index contributed by atoms with van der Waals surface area (Å²) in [7, 11) is 0. The number of thiol groups is 1. The summed E-state index contributed by atoms with van der Waals surface area (Å²) in [5, 5.41) is 8.63. The molecular weight excluding hydrogens is 275 g/mol. The molecule has 0 radical (unpaired) electrons. The summed E-state index contributed by atoms with van der Waals surface area (Å²) in [4.78, 5) is 11.3. The molecule has 2 nitrogen and oxygen atoms in total. The van der Waals surface area contributed by atoms with E-state index in [-0.39, 0.29) is 0 Å². The number of halogens is 1. The Morgan fingerprint density at radius 1 is 1.55 bits per heavy atom. The van der Waals surface area contributed by atoms with Crippen molar-refractivity contribution >= 4 is 41.2 Å². The Bertz CT molecular complexity index is 298. The quantitative estimate of drug-likeness (QED) is 0.611. The van der Waals surface area contributed by atoms with E-state index in [0.717, 1.165) is 4.90 Å². The molecule has 0 aliphatic carbocycles. The number of carbonyl (C=O) groups is 1. The molecule has 0 amide bonds. The van der Waals surface area contributed by atoms with Crippen LogP contribution in [0.25, 0.3) is 0 Å². The third-order valence-corrected chi connectivity index (χ3v) is 2.35. The maximum Gasteiger partial charge on any atom is 0.336 e. The summed E-state index contributed by atoms with van der Waals surface area (Å²) in [6, 6.07) is 4.92. The Kier molecular flexibility index (Phi) is 2.78. The van der Waals surface area contributed by atoms with Gasteiger partial charge in [0.05, 0.1) is 5.56 Å². The lowest BCUT2D eigenvalue weighted by atomic mass is 10.2. The van der Waals surface area contributed by atoms with Crippen LogP contribution in [0, 0.1) is 3.57 Å². The van der Waals surface area contributed by atoms with Crippen molar-refractivity contribution in [2.75, 3.05) is 0 Å². The van der Waals surface area contributed by atoms with E-state index in [9.17, 15) is 4.79 Å². The van der Waals surface area contributed by atoms with Crippen LogP contribution in [-0.4, -0.2) is 11.1 Å². The number of carboxylic acids is 1. The molecule has 0 aromatic heterocycles. The van der Waals surface area contributed by atoms with Crippen LogP contribution < -0.4 is 0 Å². The first-order valence-corrected chi connectivity index (χ1v) is 4.35. The fourth-order valence-corrected chi connectivity index (χ4v) is 1.87. The predicted octanol–water partition coefficient (Wildman–Crippen LogP) is 2.28. The maximum atomic E-state index is 10.5. The fraction of sp³-hybridized carbons (Fsp3) is 0. The Hall–Kier alpha value is -0.230. The number of hydrogen-bond donors (Lipinski definition) is 2. The predicted molar refractivity (Wildman–Crippen MR) is 53.4 cm³/mol. The van der Waals surface area contributed by atoms with Gasteiger partial charge in [-0.3, -0.25) is 0 Å². The third kappa shape index (κ3) is 2.10. The van der Waals surface area contributed by atoms with Crippen molar-refractivity contribution in [2.45, 2.75) is 4.90 Å². The van der Waals surface area contributed by atoms with Gasteiger partial charge in [0.1, 0.15) is 0 Å². The molecule has 0 saturated carbocycles. The van der Waals surface area contributed by atoms with E-state index < -0.39 is 5.97 Å². The van der Waals surface area contributed by atoms with Gasteiger partial charge in [-0.1, -0.05) is 0 Å². The average Bonchev–Trinajstić information content (AvgIpc) is 1.85. The van der Waals surface area contributed by atoms with E-state index in [1.54, 1.807) is 18.2 Å². The van der Waals surface area contributed by atoms with Gasteiger partial charge in [0.25, 0.3) is 0 Å². The first-order valence-electron chi connectivity index (χ1n) is 2.83. The highest BCUT2D eigenvalue weighted by atomic mass is 127. The van der Waals surface area contributed by atoms with Gasteiger partial charge < -0.3 is 5.11 Å². The number of hydrogen-bond acceptors (Lipinski definition) is 2. The number of carboxylic acid groups (broad SMARTS) is 1. The van der Waals surface area contributed by atoms with Crippen LogP contribution in [0.4, 0.5) is 0 Å². The molecule has 11 heavy (non-hydrogen) atoms. The Labute approximate surface area is 83.2 Å². The molecule has 1 aromatic carbocycles. The van der Waals surface area contributed by atoms with Gasteiger partial charge >= 0.3 is 5.97 Å². The summed E-state index contributed by atoms with van der Waals surface area (Å²) in [6.07, 6.45) is 0. The fourth-order valence-electron chi connectivity index (χ4n) is 0.677. The molecule has 0 fully saturated rings. The molecule has 58 valence electrons. The normalized spacial score (nSPS) is 9.64. The molecule has 0 saturated heterocycles. The topological polar surface area (TPSA) is 37.3 Å². The van der Waals surface area contributed by atoms with Crippen LogP contribution in [-0.2, 0) is 0 Å². The zero-order chi connectivity index (χ0) is 8.43. The Morgan fingerprint density at radius 3 is 2.64 bits per heavy atom. The standard InChI is InChI=1S/C7H5IO2S/c8-6-3-4(11)1-2-5(6)7(9)10/h1-3,11H,(H,9,10). The first kappa shape index (κ1) is 8.86. The van der Waals surface area contributed by atoms with Gasteiger partial charge in [0, 0.05) is 8.47 Å². The largest absolute Gasteiger partial charge is 0.478 e. The van der Waals surface area contributed by atoms with Crippen LogP contribution in [0.3, 0.4) is 0 Å². The summed E-state index contributed by atoms with van der Waals surface area (Å²) < 4.78 is 0.711. The van der Waals surface area contributed by atoms with E-state index in [2.05, 4.69) is 12.6 Å². The molecule has 0 bridgehead atoms. The highest BCUT2D eigenvalue weighted by Gasteiger charge is 2.06. The smallest absolute Gasteiger partial charge is 0.336 e. The van der Waals surface area contributed by atoms with Gasteiger partial charge in [0.15, 0.2) is 0 Å². The molecular formula is C7H5IO2S. The summed E-state index contributed by atoms with van der Waals surface area (Å²) >= 11 is 6.04. The van der Waals surface area contributed by atoms with Crippen molar-refractivity contribution in [3.63, 3.8) is 0 Å². The molecule has 1 N–H and O–H groups in total. The van der Waals surface area contributed by atoms with Crippen LogP contribution in [0.2, 0.25) is 0 Å². The Morgan fingerprint density at radius 2 is 2.18 bits per heavy atom. The second-order valence-electron chi connectivity index (χ2n) is 1.97. The van der Waals surface area contributed by atoms with Crippen molar-refractivity contribution in [3.8, 4) is 0 Å². The molecule has 0 aliphatic rings. The molecule has 4 heteroatoms. The molecule has 1 rings (SSSR count). The van der Waals surface area contributed by atoms with Crippen LogP contribution in [0.1, 0.15) is 10.4 Å². The molecule has 0 unspecified atom stereocenters. The van der Waals surface area contributed by atoms with Crippen LogP contribution >= 0.6 is 35.2 Å². The lowest BCUT2D eigenvalue weighted by molar-refractivity contribution is 0.0695. The van der Waals surface area contributed by atoms with Crippen LogP contribution in [0.15, 0.2) is 23.1 Å². The first-order chi connectivity index (χ1) is 5.11. The second-order valence-corrected chi connectivity index (χ2v) is 3.65. The van der Waals surface area contributed by atoms with E-state index in [0.29, 0.717) is 9.13 Å². The zero-order valence-corrected chi connectivity index (χ0v) is 8.46. The molecule has 0 atom stereocenters. The Balaban J connectivity index is 3.20. The van der Waals surface area contributed by atoms with E-state index >= 15 is 0 Å². The number of benzene rings is 1. The van der Waals surface area contributed by atoms with Crippen molar-refractivity contribution in [3.05, 3.63) is 27.3 Å². The minimum Gasteiger partial charge on any atom is -0.478 e. The van der Waals surface area contributed by atoms with Gasteiger partial charge in [0.2, 0.25) is 0 Å². The summed E-state index contributed by atoms with van der Waals surface area (Å²) in [5.74, 6) is -0.900.